The molecule has 0 amide bonds. The molecule has 6 aliphatic rings. The molecule has 0 aromatic carbocycles. The van der Waals surface area contributed by atoms with Crippen molar-refractivity contribution in [3.63, 3.8) is 0 Å². The molecule has 3 nitrogen and oxygen atoms in total. The maximum atomic E-state index is 10.3. The minimum absolute atomic E-state index is 0.0505. The third-order valence-corrected chi connectivity index (χ3v) is 11.4. The molecule has 168 valence electrons. The van der Waals surface area contributed by atoms with Gasteiger partial charge in [0.2, 0.25) is 0 Å². The summed E-state index contributed by atoms with van der Waals surface area (Å²) >= 11 is 0. The summed E-state index contributed by atoms with van der Waals surface area (Å²) in [6.45, 7) is 12.9. The smallest absolute Gasteiger partial charge is 0.191 e. The van der Waals surface area contributed by atoms with Crippen LogP contribution in [-0.4, -0.2) is 29.7 Å². The van der Waals surface area contributed by atoms with Crippen molar-refractivity contribution >= 4 is 0 Å². The van der Waals surface area contributed by atoms with Gasteiger partial charge in [-0.05, 0) is 104 Å². The number of aliphatic hydroxyl groups is 1. The summed E-state index contributed by atoms with van der Waals surface area (Å²) in [6.07, 6.45) is 12.3. The summed E-state index contributed by atoms with van der Waals surface area (Å²) in [5, 5.41) is 10.3. The van der Waals surface area contributed by atoms with Crippen LogP contribution in [0.3, 0.4) is 0 Å². The molecule has 0 radical (unpaired) electrons. The molecule has 0 aromatic rings. The summed E-state index contributed by atoms with van der Waals surface area (Å²) in [6, 6.07) is 0. The molecule has 11 atom stereocenters. The zero-order chi connectivity index (χ0) is 20.9. The largest absolute Gasteiger partial charge is 0.393 e. The van der Waals surface area contributed by atoms with Crippen LogP contribution >= 0.6 is 0 Å². The second-order valence-electron chi connectivity index (χ2n) is 12.7. The molecule has 2 aliphatic heterocycles. The van der Waals surface area contributed by atoms with Crippen molar-refractivity contribution in [1.82, 2.24) is 0 Å². The fourth-order valence-electron chi connectivity index (χ4n) is 9.74. The van der Waals surface area contributed by atoms with Crippen LogP contribution in [0.1, 0.15) is 85.0 Å². The van der Waals surface area contributed by atoms with Gasteiger partial charge in [-0.1, -0.05) is 27.4 Å². The van der Waals surface area contributed by atoms with Crippen molar-refractivity contribution in [2.45, 2.75) is 103 Å². The predicted octanol–water partition coefficient (Wildman–Crippen LogP) is 5.71. The average molecular weight is 415 g/mol. The van der Waals surface area contributed by atoms with E-state index in [1.807, 2.05) is 0 Å². The molecule has 6 fully saturated rings. The van der Waals surface area contributed by atoms with Gasteiger partial charge in [-0.2, -0.15) is 0 Å². The molecule has 0 bridgehead atoms. The molecule has 1 spiro atoms. The van der Waals surface area contributed by atoms with Crippen LogP contribution in [0.2, 0.25) is 0 Å². The Morgan fingerprint density at radius 3 is 2.50 bits per heavy atom. The van der Waals surface area contributed by atoms with E-state index in [0.29, 0.717) is 28.8 Å². The van der Waals surface area contributed by atoms with Gasteiger partial charge in [0.05, 0.1) is 18.8 Å². The van der Waals surface area contributed by atoms with Gasteiger partial charge >= 0.3 is 0 Å². The van der Waals surface area contributed by atoms with Crippen LogP contribution in [0.4, 0.5) is 0 Å². The number of rotatable bonds is 0. The number of aliphatic hydroxyl groups excluding tert-OH is 1. The maximum Gasteiger partial charge on any atom is 0.191 e. The van der Waals surface area contributed by atoms with Crippen molar-refractivity contribution in [3.05, 3.63) is 12.2 Å². The van der Waals surface area contributed by atoms with Crippen molar-refractivity contribution in [3.8, 4) is 0 Å². The number of hydrogen-bond acceptors (Lipinski definition) is 3. The van der Waals surface area contributed by atoms with E-state index in [1.165, 1.54) is 50.5 Å². The zero-order valence-electron chi connectivity index (χ0n) is 19.4. The molecule has 3 unspecified atom stereocenters. The molecule has 4 aliphatic carbocycles. The highest BCUT2D eigenvalue weighted by molar-refractivity contribution is 5.28. The molecular weight excluding hydrogens is 372 g/mol. The van der Waals surface area contributed by atoms with Crippen molar-refractivity contribution in [1.29, 1.82) is 0 Å². The van der Waals surface area contributed by atoms with Crippen LogP contribution in [0.25, 0.3) is 0 Å². The van der Waals surface area contributed by atoms with E-state index in [-0.39, 0.29) is 6.10 Å². The standard InChI is InChI=1S/C27H42O3/c1-16-7-12-27(29-15-16)17(2)24-23(30-27)14-22-20-6-5-18-13-19(28)8-10-25(18,3)21(20)9-11-26(22,24)4/h16,18-24,28H,2,5-15H2,1,3-4H3/t16?,18?,19?,20-,21+,22+,23+,24+,25+,26+,27-/m1/s1. The van der Waals surface area contributed by atoms with Crippen LogP contribution in [0.15, 0.2) is 12.2 Å². The van der Waals surface area contributed by atoms with Crippen molar-refractivity contribution in [2.24, 2.45) is 46.3 Å². The van der Waals surface area contributed by atoms with E-state index in [4.69, 9.17) is 9.47 Å². The molecule has 4 saturated carbocycles. The molecule has 0 aromatic heterocycles. The summed E-state index contributed by atoms with van der Waals surface area (Å²) in [7, 11) is 0. The van der Waals surface area contributed by atoms with Crippen molar-refractivity contribution < 1.29 is 14.6 Å². The molecule has 2 saturated heterocycles. The molecular formula is C27H42O3. The Balaban J connectivity index is 1.27. The highest BCUT2D eigenvalue weighted by Crippen LogP contribution is 2.71. The van der Waals surface area contributed by atoms with Crippen LogP contribution in [-0.2, 0) is 9.47 Å². The fraction of sp³-hybridized carbons (Fsp3) is 0.926. The van der Waals surface area contributed by atoms with Gasteiger partial charge in [0, 0.05) is 12.3 Å². The average Bonchev–Trinajstić information content (AvgIpc) is 3.16. The first-order valence-electron chi connectivity index (χ1n) is 13.0. The Morgan fingerprint density at radius 2 is 1.73 bits per heavy atom. The van der Waals surface area contributed by atoms with Gasteiger partial charge in [0.25, 0.3) is 0 Å². The maximum absolute atomic E-state index is 10.3. The minimum atomic E-state index is -0.476. The Labute approximate surface area is 183 Å². The van der Waals surface area contributed by atoms with Crippen molar-refractivity contribution in [2.75, 3.05) is 6.61 Å². The highest BCUT2D eigenvalue weighted by Gasteiger charge is 2.68. The number of hydrogen-bond donors (Lipinski definition) is 1. The van der Waals surface area contributed by atoms with E-state index in [1.54, 1.807) is 0 Å². The topological polar surface area (TPSA) is 38.7 Å². The third-order valence-electron chi connectivity index (χ3n) is 11.4. The predicted molar refractivity (Wildman–Crippen MR) is 118 cm³/mol. The highest BCUT2D eigenvalue weighted by atomic mass is 16.7. The fourth-order valence-corrected chi connectivity index (χ4v) is 9.74. The second-order valence-corrected chi connectivity index (χ2v) is 12.7. The molecule has 2 heterocycles. The quantitative estimate of drug-likeness (QED) is 0.516. The Bertz CT molecular complexity index is 724. The van der Waals surface area contributed by atoms with E-state index < -0.39 is 5.79 Å². The Hall–Kier alpha value is -0.380. The first kappa shape index (κ1) is 20.2. The summed E-state index contributed by atoms with van der Waals surface area (Å²) < 4.78 is 13.2. The molecule has 6 rings (SSSR count). The first-order chi connectivity index (χ1) is 14.3. The lowest BCUT2D eigenvalue weighted by Gasteiger charge is -2.61. The Morgan fingerprint density at radius 1 is 0.933 bits per heavy atom. The lowest BCUT2D eigenvalue weighted by molar-refractivity contribution is -0.237. The lowest BCUT2D eigenvalue weighted by atomic mass is 9.44. The summed E-state index contributed by atoms with van der Waals surface area (Å²) in [5.41, 5.74) is 2.06. The number of fused-ring (bicyclic) bond motifs is 7. The van der Waals surface area contributed by atoms with E-state index in [9.17, 15) is 5.11 Å². The van der Waals surface area contributed by atoms with Gasteiger partial charge in [-0.15, -0.1) is 0 Å². The summed E-state index contributed by atoms with van der Waals surface area (Å²) in [4.78, 5) is 0. The monoisotopic (exact) mass is 414 g/mol. The molecule has 30 heavy (non-hydrogen) atoms. The third kappa shape index (κ3) is 2.55. The first-order valence-corrected chi connectivity index (χ1v) is 13.0. The van der Waals surface area contributed by atoms with E-state index in [0.717, 1.165) is 49.5 Å². The van der Waals surface area contributed by atoms with Gasteiger partial charge in [-0.3, -0.25) is 0 Å². The second kappa shape index (κ2) is 6.58. The molecule has 3 heteroatoms. The van der Waals surface area contributed by atoms with Crippen LogP contribution in [0.5, 0.6) is 0 Å². The van der Waals surface area contributed by atoms with Gasteiger partial charge in [0.1, 0.15) is 0 Å². The zero-order valence-corrected chi connectivity index (χ0v) is 19.4. The van der Waals surface area contributed by atoms with Gasteiger partial charge < -0.3 is 14.6 Å². The van der Waals surface area contributed by atoms with Gasteiger partial charge in [0.15, 0.2) is 5.79 Å². The van der Waals surface area contributed by atoms with Crippen LogP contribution < -0.4 is 0 Å². The summed E-state index contributed by atoms with van der Waals surface area (Å²) in [5.74, 6) is 3.83. The van der Waals surface area contributed by atoms with E-state index >= 15 is 0 Å². The van der Waals surface area contributed by atoms with Crippen LogP contribution in [0, 0.1) is 46.3 Å². The minimum Gasteiger partial charge on any atom is -0.393 e. The SMILES string of the molecule is C=C1[C@H]2[C@H](C[C@H]3[C@@H]4CCC5CC(O)CC[C@]5(C)[C@H]4CC[C@@]32C)O[C@]12CCC(C)CO2. The number of ether oxygens (including phenoxy) is 2. The Kier molecular flexibility index (Phi) is 4.44. The van der Waals surface area contributed by atoms with E-state index in [2.05, 4.69) is 27.4 Å². The normalized spacial score (nSPS) is 60.1. The lowest BCUT2D eigenvalue weighted by Crippen LogP contribution is -2.54. The van der Waals surface area contributed by atoms with Gasteiger partial charge in [-0.25, -0.2) is 0 Å². The molecule has 1 N–H and O–H groups in total.